The van der Waals surface area contributed by atoms with E-state index in [1.165, 1.54) is 11.3 Å². The molecule has 1 aromatic carbocycles. The molecule has 0 aliphatic carbocycles. The van der Waals surface area contributed by atoms with Crippen molar-refractivity contribution in [1.82, 2.24) is 0 Å². The molecule has 0 amide bonds. The van der Waals surface area contributed by atoms with E-state index in [4.69, 9.17) is 0 Å². The summed E-state index contributed by atoms with van der Waals surface area (Å²) >= 11 is 0. The first-order valence-corrected chi connectivity index (χ1v) is 4.84. The average molecular weight is 175 g/mol. The molecule has 0 heterocycles. The molecule has 0 radical (unpaired) electrons. The van der Waals surface area contributed by atoms with Crippen LogP contribution >= 0.6 is 0 Å². The van der Waals surface area contributed by atoms with E-state index >= 15 is 0 Å². The van der Waals surface area contributed by atoms with Gasteiger partial charge in [-0.05, 0) is 25.0 Å². The van der Waals surface area contributed by atoms with Gasteiger partial charge in [0.1, 0.15) is 0 Å². The van der Waals surface area contributed by atoms with Crippen molar-refractivity contribution in [2.45, 2.75) is 20.3 Å². The van der Waals surface area contributed by atoms with E-state index in [0.717, 1.165) is 13.0 Å². The molecule has 1 heteroatoms. The Morgan fingerprint density at radius 1 is 1.31 bits per heavy atom. The van der Waals surface area contributed by atoms with Gasteiger partial charge in [-0.1, -0.05) is 37.3 Å². The Balaban J connectivity index is 2.78. The van der Waals surface area contributed by atoms with Crippen LogP contribution < -0.4 is 5.32 Å². The minimum Gasteiger partial charge on any atom is -0.385 e. The highest BCUT2D eigenvalue weighted by Gasteiger charge is 1.94. The van der Waals surface area contributed by atoms with Gasteiger partial charge in [0.2, 0.25) is 0 Å². The van der Waals surface area contributed by atoms with Crippen LogP contribution in [0, 0.1) is 0 Å². The third-order valence-electron chi connectivity index (χ3n) is 1.87. The van der Waals surface area contributed by atoms with E-state index in [1.807, 2.05) is 6.92 Å². The molecular formula is C12H17N. The van der Waals surface area contributed by atoms with E-state index in [9.17, 15) is 0 Å². The minimum absolute atomic E-state index is 1.04. The Morgan fingerprint density at radius 3 is 2.77 bits per heavy atom. The maximum absolute atomic E-state index is 3.40. The van der Waals surface area contributed by atoms with Crippen molar-refractivity contribution in [2.75, 3.05) is 11.9 Å². The summed E-state index contributed by atoms with van der Waals surface area (Å²) in [6, 6.07) is 8.36. The van der Waals surface area contributed by atoms with Gasteiger partial charge in [0.15, 0.2) is 0 Å². The van der Waals surface area contributed by atoms with E-state index in [1.54, 1.807) is 0 Å². The van der Waals surface area contributed by atoms with Gasteiger partial charge >= 0.3 is 0 Å². The van der Waals surface area contributed by atoms with Crippen molar-refractivity contribution in [3.63, 3.8) is 0 Å². The molecule has 1 nitrogen and oxygen atoms in total. The maximum atomic E-state index is 3.40. The molecule has 0 spiro atoms. The van der Waals surface area contributed by atoms with Crippen molar-refractivity contribution >= 4 is 11.8 Å². The van der Waals surface area contributed by atoms with Crippen molar-refractivity contribution in [3.8, 4) is 0 Å². The smallest absolute Gasteiger partial charge is 0.0413 e. The first-order chi connectivity index (χ1) is 6.38. The summed E-state index contributed by atoms with van der Waals surface area (Å²) in [6.45, 7) is 5.25. The molecule has 1 rings (SSSR count). The summed E-state index contributed by atoms with van der Waals surface area (Å²) in [7, 11) is 0. The zero-order valence-corrected chi connectivity index (χ0v) is 8.38. The van der Waals surface area contributed by atoms with Crippen LogP contribution in [0.3, 0.4) is 0 Å². The summed E-state index contributed by atoms with van der Waals surface area (Å²) < 4.78 is 0. The predicted molar refractivity (Wildman–Crippen MR) is 59.9 cm³/mol. The molecule has 0 fully saturated rings. The van der Waals surface area contributed by atoms with Crippen molar-refractivity contribution < 1.29 is 0 Å². The Morgan fingerprint density at radius 2 is 2.08 bits per heavy atom. The Bertz CT molecular complexity index is 276. The third kappa shape index (κ3) is 2.94. The van der Waals surface area contributed by atoms with Crippen LogP contribution in [0.25, 0.3) is 6.08 Å². The molecule has 1 aromatic rings. The maximum Gasteiger partial charge on any atom is 0.0413 e. The quantitative estimate of drug-likeness (QED) is 0.738. The zero-order valence-electron chi connectivity index (χ0n) is 8.38. The number of benzene rings is 1. The number of para-hydroxylation sites is 1. The van der Waals surface area contributed by atoms with Crippen molar-refractivity contribution in [2.24, 2.45) is 0 Å². The highest BCUT2D eigenvalue weighted by Crippen LogP contribution is 2.16. The summed E-state index contributed by atoms with van der Waals surface area (Å²) in [5.41, 5.74) is 2.49. The van der Waals surface area contributed by atoms with Gasteiger partial charge in [0.25, 0.3) is 0 Å². The van der Waals surface area contributed by atoms with E-state index in [2.05, 4.69) is 48.7 Å². The Hall–Kier alpha value is -1.24. The molecule has 1 N–H and O–H groups in total. The summed E-state index contributed by atoms with van der Waals surface area (Å²) in [5, 5.41) is 3.40. The predicted octanol–water partition coefficient (Wildman–Crippen LogP) is 3.54. The molecular weight excluding hydrogens is 158 g/mol. The summed E-state index contributed by atoms with van der Waals surface area (Å²) in [4.78, 5) is 0. The molecule has 0 atom stereocenters. The lowest BCUT2D eigenvalue weighted by atomic mass is 10.1. The van der Waals surface area contributed by atoms with E-state index in [-0.39, 0.29) is 0 Å². The van der Waals surface area contributed by atoms with Gasteiger partial charge in [0, 0.05) is 12.2 Å². The Labute approximate surface area is 80.5 Å². The second kappa shape index (κ2) is 5.41. The van der Waals surface area contributed by atoms with Gasteiger partial charge in [-0.25, -0.2) is 0 Å². The van der Waals surface area contributed by atoms with Crippen molar-refractivity contribution in [3.05, 3.63) is 35.9 Å². The zero-order chi connectivity index (χ0) is 9.52. The number of nitrogens with one attached hydrogen (secondary N) is 1. The summed E-state index contributed by atoms with van der Waals surface area (Å²) in [6.07, 6.45) is 5.34. The number of hydrogen-bond donors (Lipinski definition) is 1. The van der Waals surface area contributed by atoms with Gasteiger partial charge in [-0.15, -0.1) is 0 Å². The molecule has 0 saturated heterocycles. The lowest BCUT2D eigenvalue weighted by Crippen LogP contribution is -2.00. The molecule has 70 valence electrons. The van der Waals surface area contributed by atoms with E-state index < -0.39 is 0 Å². The van der Waals surface area contributed by atoms with Gasteiger partial charge < -0.3 is 5.32 Å². The molecule has 0 bridgehead atoms. The lowest BCUT2D eigenvalue weighted by molar-refractivity contribution is 0.979. The summed E-state index contributed by atoms with van der Waals surface area (Å²) in [5.74, 6) is 0. The second-order valence-corrected chi connectivity index (χ2v) is 3.01. The van der Waals surface area contributed by atoms with E-state index in [0.29, 0.717) is 0 Å². The fourth-order valence-corrected chi connectivity index (χ4v) is 1.24. The van der Waals surface area contributed by atoms with Crippen LogP contribution in [-0.2, 0) is 0 Å². The monoisotopic (exact) mass is 175 g/mol. The molecule has 0 saturated carbocycles. The number of anilines is 1. The van der Waals surface area contributed by atoms with Crippen LogP contribution in [0.15, 0.2) is 30.3 Å². The van der Waals surface area contributed by atoms with Gasteiger partial charge in [-0.2, -0.15) is 0 Å². The number of allylic oxidation sites excluding steroid dienone is 1. The van der Waals surface area contributed by atoms with Crippen molar-refractivity contribution in [1.29, 1.82) is 0 Å². The lowest BCUT2D eigenvalue weighted by Gasteiger charge is -2.07. The van der Waals surface area contributed by atoms with Crippen LogP contribution in [-0.4, -0.2) is 6.54 Å². The van der Waals surface area contributed by atoms with Crippen LogP contribution in [0.5, 0.6) is 0 Å². The standard InChI is InChI=1S/C12H17N/c1-3-7-11-8-5-6-9-12(11)13-10-4-2/h3,5-9,13H,4,10H2,1-2H3. The third-order valence-corrected chi connectivity index (χ3v) is 1.87. The number of hydrogen-bond acceptors (Lipinski definition) is 1. The normalized spacial score (nSPS) is 10.6. The van der Waals surface area contributed by atoms with Crippen LogP contribution in [0.1, 0.15) is 25.8 Å². The number of rotatable bonds is 4. The van der Waals surface area contributed by atoms with Crippen LogP contribution in [0.4, 0.5) is 5.69 Å². The fourth-order valence-electron chi connectivity index (χ4n) is 1.24. The average Bonchev–Trinajstić information content (AvgIpc) is 2.17. The fraction of sp³-hybridized carbons (Fsp3) is 0.333. The van der Waals surface area contributed by atoms with Crippen LogP contribution in [0.2, 0.25) is 0 Å². The molecule has 0 unspecified atom stereocenters. The topological polar surface area (TPSA) is 12.0 Å². The highest BCUT2D eigenvalue weighted by molar-refractivity contribution is 5.66. The molecule has 0 aliphatic rings. The van der Waals surface area contributed by atoms with Gasteiger partial charge in [-0.3, -0.25) is 0 Å². The SMILES string of the molecule is CC=Cc1ccccc1NCCC. The highest BCUT2D eigenvalue weighted by atomic mass is 14.9. The molecule has 0 aliphatic heterocycles. The second-order valence-electron chi connectivity index (χ2n) is 3.01. The minimum atomic E-state index is 1.04. The van der Waals surface area contributed by atoms with Gasteiger partial charge in [0.05, 0.1) is 0 Å². The molecule has 0 aromatic heterocycles. The first kappa shape index (κ1) is 9.85. The largest absolute Gasteiger partial charge is 0.385 e. The first-order valence-electron chi connectivity index (χ1n) is 4.84. The Kier molecular flexibility index (Phi) is 4.10. The molecule has 13 heavy (non-hydrogen) atoms.